The van der Waals surface area contributed by atoms with E-state index >= 15 is 0 Å². The molecule has 0 fully saturated rings. The van der Waals surface area contributed by atoms with Gasteiger partial charge in [-0.1, -0.05) is 48.5 Å². The minimum Gasteiger partial charge on any atom is -0.467 e. The standard InChI is InChI=1S/C20H23NO4S/c1-25-20(23)18(14-15-26(24)17-10-6-3-7-11-17)21-19(22)13-12-16-8-4-2-5-9-16/h2-11,18H,12-15H2,1H3,(H,21,22)/t18-,26-/m0/s1. The zero-order valence-corrected chi connectivity index (χ0v) is 15.5. The van der Waals surface area contributed by atoms with Crippen molar-refractivity contribution in [2.24, 2.45) is 0 Å². The van der Waals surface area contributed by atoms with Crippen LogP contribution in [0.3, 0.4) is 0 Å². The fraction of sp³-hybridized carbons (Fsp3) is 0.300. The van der Waals surface area contributed by atoms with E-state index in [1.165, 1.54) is 7.11 Å². The third-order valence-corrected chi connectivity index (χ3v) is 5.31. The van der Waals surface area contributed by atoms with Gasteiger partial charge in [0.15, 0.2) is 0 Å². The van der Waals surface area contributed by atoms with E-state index in [9.17, 15) is 13.8 Å². The molecule has 5 nitrogen and oxygen atoms in total. The Morgan fingerprint density at radius 1 is 1.04 bits per heavy atom. The first-order chi connectivity index (χ1) is 12.6. The lowest BCUT2D eigenvalue weighted by molar-refractivity contribution is -0.145. The smallest absolute Gasteiger partial charge is 0.328 e. The Morgan fingerprint density at radius 2 is 1.65 bits per heavy atom. The lowest BCUT2D eigenvalue weighted by Crippen LogP contribution is -2.42. The van der Waals surface area contributed by atoms with Crippen LogP contribution in [0, 0.1) is 0 Å². The summed E-state index contributed by atoms with van der Waals surface area (Å²) in [5.41, 5.74) is 1.06. The zero-order chi connectivity index (χ0) is 18.8. The van der Waals surface area contributed by atoms with E-state index in [4.69, 9.17) is 4.74 Å². The van der Waals surface area contributed by atoms with Crippen LogP contribution in [0.15, 0.2) is 65.6 Å². The Balaban J connectivity index is 1.87. The summed E-state index contributed by atoms with van der Waals surface area (Å²) >= 11 is 0. The number of rotatable bonds is 9. The summed E-state index contributed by atoms with van der Waals surface area (Å²) < 4.78 is 17.1. The first kappa shape index (κ1) is 19.8. The van der Waals surface area contributed by atoms with Crippen LogP contribution in [-0.4, -0.2) is 35.0 Å². The highest BCUT2D eigenvalue weighted by molar-refractivity contribution is 7.85. The summed E-state index contributed by atoms with van der Waals surface area (Å²) in [6, 6.07) is 17.9. The van der Waals surface area contributed by atoms with Gasteiger partial charge in [0.25, 0.3) is 0 Å². The van der Waals surface area contributed by atoms with Gasteiger partial charge in [-0.15, -0.1) is 0 Å². The molecule has 138 valence electrons. The second-order valence-corrected chi connectivity index (χ2v) is 7.35. The van der Waals surface area contributed by atoms with Crippen LogP contribution in [0.1, 0.15) is 18.4 Å². The number of esters is 1. The molecule has 0 saturated carbocycles. The van der Waals surface area contributed by atoms with Crippen molar-refractivity contribution in [1.82, 2.24) is 5.32 Å². The van der Waals surface area contributed by atoms with Crippen LogP contribution in [0.25, 0.3) is 0 Å². The Morgan fingerprint density at radius 3 is 2.27 bits per heavy atom. The highest BCUT2D eigenvalue weighted by Gasteiger charge is 2.22. The molecule has 0 heterocycles. The number of aryl methyl sites for hydroxylation is 1. The maximum Gasteiger partial charge on any atom is 0.328 e. The van der Waals surface area contributed by atoms with Crippen molar-refractivity contribution >= 4 is 22.7 Å². The van der Waals surface area contributed by atoms with Crippen LogP contribution < -0.4 is 5.32 Å². The van der Waals surface area contributed by atoms with E-state index in [0.717, 1.165) is 5.56 Å². The number of amides is 1. The number of benzene rings is 2. The van der Waals surface area contributed by atoms with E-state index in [1.54, 1.807) is 12.1 Å². The number of hydrogen-bond donors (Lipinski definition) is 1. The van der Waals surface area contributed by atoms with Gasteiger partial charge in [-0.25, -0.2) is 4.79 Å². The van der Waals surface area contributed by atoms with E-state index in [0.29, 0.717) is 11.3 Å². The Bertz CT molecular complexity index is 734. The molecule has 1 amide bonds. The Hall–Kier alpha value is -2.47. The van der Waals surface area contributed by atoms with Gasteiger partial charge in [-0.05, 0) is 30.5 Å². The summed E-state index contributed by atoms with van der Waals surface area (Å²) in [4.78, 5) is 24.8. The molecule has 0 aliphatic heterocycles. The molecule has 2 rings (SSSR count). The van der Waals surface area contributed by atoms with E-state index in [-0.39, 0.29) is 24.5 Å². The van der Waals surface area contributed by atoms with Crippen molar-refractivity contribution in [2.45, 2.75) is 30.2 Å². The summed E-state index contributed by atoms with van der Waals surface area (Å²) in [6.45, 7) is 0. The molecule has 0 aliphatic rings. The number of hydrogen-bond acceptors (Lipinski definition) is 4. The molecule has 2 aromatic rings. The van der Waals surface area contributed by atoms with E-state index < -0.39 is 22.8 Å². The number of nitrogens with one attached hydrogen (secondary N) is 1. The Kier molecular flexibility index (Phi) is 8.02. The fourth-order valence-corrected chi connectivity index (χ4v) is 3.62. The first-order valence-corrected chi connectivity index (χ1v) is 9.76. The summed E-state index contributed by atoms with van der Waals surface area (Å²) in [6.07, 6.45) is 1.13. The van der Waals surface area contributed by atoms with Crippen molar-refractivity contribution in [3.63, 3.8) is 0 Å². The third kappa shape index (κ3) is 6.44. The first-order valence-electron chi connectivity index (χ1n) is 8.44. The molecule has 0 bridgehead atoms. The van der Waals surface area contributed by atoms with Crippen molar-refractivity contribution in [1.29, 1.82) is 0 Å². The van der Waals surface area contributed by atoms with Crippen LogP contribution in [0.4, 0.5) is 0 Å². The predicted octanol–water partition coefficient (Wildman–Crippen LogP) is 2.47. The average Bonchev–Trinajstić information content (AvgIpc) is 2.70. The van der Waals surface area contributed by atoms with Crippen LogP contribution in [0.5, 0.6) is 0 Å². The van der Waals surface area contributed by atoms with Gasteiger partial charge >= 0.3 is 5.97 Å². The normalized spacial score (nSPS) is 12.8. The SMILES string of the molecule is COC(=O)[C@H](CC[S@](=O)c1ccccc1)NC(=O)CCc1ccccc1. The molecule has 26 heavy (non-hydrogen) atoms. The molecule has 6 heteroatoms. The van der Waals surface area contributed by atoms with Crippen molar-refractivity contribution < 1.29 is 18.5 Å². The molecular formula is C20H23NO4S. The van der Waals surface area contributed by atoms with E-state index in [2.05, 4.69) is 5.32 Å². The molecule has 0 unspecified atom stereocenters. The second-order valence-electron chi connectivity index (χ2n) is 5.78. The number of methoxy groups -OCH3 is 1. The monoisotopic (exact) mass is 373 g/mol. The van der Waals surface area contributed by atoms with Gasteiger partial charge in [-0.2, -0.15) is 0 Å². The van der Waals surface area contributed by atoms with Gasteiger partial charge in [0.1, 0.15) is 6.04 Å². The largest absolute Gasteiger partial charge is 0.467 e. The molecule has 0 radical (unpaired) electrons. The van der Waals surface area contributed by atoms with Crippen LogP contribution >= 0.6 is 0 Å². The fourth-order valence-electron chi connectivity index (χ4n) is 2.48. The maximum absolute atomic E-state index is 12.3. The highest BCUT2D eigenvalue weighted by atomic mass is 32.2. The molecule has 2 atom stereocenters. The van der Waals surface area contributed by atoms with Gasteiger partial charge in [0, 0.05) is 17.1 Å². The van der Waals surface area contributed by atoms with Gasteiger partial charge < -0.3 is 10.1 Å². The summed E-state index contributed by atoms with van der Waals surface area (Å²) in [7, 11) is 0.0475. The quantitative estimate of drug-likeness (QED) is 0.686. The lowest BCUT2D eigenvalue weighted by Gasteiger charge is -2.16. The second kappa shape index (κ2) is 10.5. The van der Waals surface area contributed by atoms with Crippen molar-refractivity contribution in [3.8, 4) is 0 Å². The molecule has 0 aromatic heterocycles. The number of carbonyl (C=O) groups excluding carboxylic acids is 2. The third-order valence-electron chi connectivity index (χ3n) is 3.90. The zero-order valence-electron chi connectivity index (χ0n) is 14.7. The molecular weight excluding hydrogens is 350 g/mol. The van der Waals surface area contributed by atoms with E-state index in [1.807, 2.05) is 48.5 Å². The molecule has 0 spiro atoms. The minimum absolute atomic E-state index is 0.227. The van der Waals surface area contributed by atoms with Crippen LogP contribution in [0.2, 0.25) is 0 Å². The molecule has 0 aliphatic carbocycles. The highest BCUT2D eigenvalue weighted by Crippen LogP contribution is 2.09. The average molecular weight is 373 g/mol. The summed E-state index contributed by atoms with van der Waals surface area (Å²) in [5.74, 6) is -0.485. The molecule has 0 saturated heterocycles. The Labute approximate surface area is 156 Å². The maximum atomic E-state index is 12.3. The van der Waals surface area contributed by atoms with Gasteiger partial charge in [-0.3, -0.25) is 9.00 Å². The van der Waals surface area contributed by atoms with Crippen molar-refractivity contribution in [3.05, 3.63) is 66.2 Å². The van der Waals surface area contributed by atoms with Crippen molar-refractivity contribution in [2.75, 3.05) is 12.9 Å². The van der Waals surface area contributed by atoms with Gasteiger partial charge in [0.05, 0.1) is 17.9 Å². The minimum atomic E-state index is -1.23. The lowest BCUT2D eigenvalue weighted by atomic mass is 10.1. The molecule has 2 aromatic carbocycles. The molecule has 1 N–H and O–H groups in total. The number of ether oxygens (including phenoxy) is 1. The predicted molar refractivity (Wildman–Crippen MR) is 101 cm³/mol. The van der Waals surface area contributed by atoms with Crippen LogP contribution in [-0.2, 0) is 31.5 Å². The topological polar surface area (TPSA) is 72.5 Å². The number of carbonyl (C=O) groups is 2. The van der Waals surface area contributed by atoms with Gasteiger partial charge in [0.2, 0.25) is 5.91 Å². The summed E-state index contributed by atoms with van der Waals surface area (Å²) in [5, 5.41) is 2.70.